The van der Waals surface area contributed by atoms with Gasteiger partial charge in [-0.25, -0.2) is 9.97 Å². The minimum absolute atomic E-state index is 0.149. The topological polar surface area (TPSA) is 110 Å². The van der Waals surface area contributed by atoms with Crippen LogP contribution in [-0.2, 0) is 4.79 Å². The molecule has 0 aliphatic rings. The third-order valence-electron chi connectivity index (χ3n) is 2.65. The van der Waals surface area contributed by atoms with Crippen LogP contribution in [0.15, 0.2) is 35.5 Å². The van der Waals surface area contributed by atoms with Crippen molar-refractivity contribution >= 4 is 40.9 Å². The first-order valence-electron chi connectivity index (χ1n) is 6.35. The number of nitrogens with one attached hydrogen (secondary N) is 2. The summed E-state index contributed by atoms with van der Waals surface area (Å²) in [6, 6.07) is 7.14. The lowest BCUT2D eigenvalue weighted by Crippen LogP contribution is -2.14. The Labute approximate surface area is 131 Å². The molecule has 114 valence electrons. The standard InChI is InChI=1S/C14H15N5O2S/c1-8(20)17-9-4-3-5-10(6-9)18-14-16-7-11(12(15)21)13(19-14)22-2/h3-7H,1-2H3,(H2,15,21)(H,17,20)(H,16,18,19). The van der Waals surface area contributed by atoms with Gasteiger partial charge in [0.05, 0.1) is 5.56 Å². The van der Waals surface area contributed by atoms with Gasteiger partial charge in [0.2, 0.25) is 11.9 Å². The van der Waals surface area contributed by atoms with Gasteiger partial charge in [-0.1, -0.05) is 6.07 Å². The van der Waals surface area contributed by atoms with Crippen LogP contribution in [0.3, 0.4) is 0 Å². The van der Waals surface area contributed by atoms with Crippen LogP contribution in [0.4, 0.5) is 17.3 Å². The van der Waals surface area contributed by atoms with E-state index in [2.05, 4.69) is 20.6 Å². The van der Waals surface area contributed by atoms with Crippen LogP contribution in [0.25, 0.3) is 0 Å². The van der Waals surface area contributed by atoms with Crippen LogP contribution in [-0.4, -0.2) is 28.0 Å². The van der Waals surface area contributed by atoms with Gasteiger partial charge >= 0.3 is 0 Å². The fraction of sp³-hybridized carbons (Fsp3) is 0.143. The fourth-order valence-corrected chi connectivity index (χ4v) is 2.31. The van der Waals surface area contributed by atoms with Crippen molar-refractivity contribution in [2.45, 2.75) is 11.9 Å². The van der Waals surface area contributed by atoms with Crippen LogP contribution >= 0.6 is 11.8 Å². The number of carbonyl (C=O) groups is 2. The molecule has 2 amide bonds. The lowest BCUT2D eigenvalue weighted by Gasteiger charge is -2.09. The highest BCUT2D eigenvalue weighted by Gasteiger charge is 2.11. The van der Waals surface area contributed by atoms with Gasteiger partial charge in [-0.05, 0) is 24.5 Å². The number of anilines is 3. The normalized spacial score (nSPS) is 10.1. The Morgan fingerprint density at radius 2 is 2.00 bits per heavy atom. The van der Waals surface area contributed by atoms with Crippen LogP contribution in [0.2, 0.25) is 0 Å². The molecule has 4 N–H and O–H groups in total. The summed E-state index contributed by atoms with van der Waals surface area (Å²) in [5.41, 5.74) is 6.92. The number of nitrogens with two attached hydrogens (primary N) is 1. The second-order valence-corrected chi connectivity index (χ2v) is 5.16. The highest BCUT2D eigenvalue weighted by molar-refractivity contribution is 7.98. The molecule has 0 radical (unpaired) electrons. The molecule has 0 aliphatic heterocycles. The summed E-state index contributed by atoms with van der Waals surface area (Å²) >= 11 is 1.31. The van der Waals surface area contributed by atoms with Crippen molar-refractivity contribution in [1.29, 1.82) is 0 Å². The number of rotatable bonds is 5. The quantitative estimate of drug-likeness (QED) is 0.574. The summed E-state index contributed by atoms with van der Waals surface area (Å²) in [5, 5.41) is 6.21. The van der Waals surface area contributed by atoms with E-state index in [1.165, 1.54) is 24.9 Å². The molecule has 8 heteroatoms. The van der Waals surface area contributed by atoms with Crippen molar-refractivity contribution < 1.29 is 9.59 Å². The Hall–Kier alpha value is -2.61. The maximum Gasteiger partial charge on any atom is 0.253 e. The number of benzene rings is 1. The van der Waals surface area contributed by atoms with E-state index >= 15 is 0 Å². The van der Waals surface area contributed by atoms with Gasteiger partial charge < -0.3 is 16.4 Å². The Bertz CT molecular complexity index is 720. The van der Waals surface area contributed by atoms with Crippen molar-refractivity contribution in [3.8, 4) is 0 Å². The highest BCUT2D eigenvalue weighted by atomic mass is 32.2. The Balaban J connectivity index is 2.23. The first kappa shape index (κ1) is 15.8. The monoisotopic (exact) mass is 317 g/mol. The van der Waals surface area contributed by atoms with Gasteiger partial charge in [0.15, 0.2) is 0 Å². The third-order valence-corrected chi connectivity index (χ3v) is 3.35. The summed E-state index contributed by atoms with van der Waals surface area (Å²) < 4.78 is 0. The molecular weight excluding hydrogens is 302 g/mol. The zero-order chi connectivity index (χ0) is 16.1. The molecule has 0 aliphatic carbocycles. The van der Waals surface area contributed by atoms with Crippen molar-refractivity contribution in [1.82, 2.24) is 9.97 Å². The predicted octanol–water partition coefficient (Wildman–Crippen LogP) is 2.00. The Kier molecular flexibility index (Phi) is 4.95. The second kappa shape index (κ2) is 6.90. The molecular formula is C14H15N5O2S. The molecule has 7 nitrogen and oxygen atoms in total. The van der Waals surface area contributed by atoms with E-state index in [1.807, 2.05) is 6.07 Å². The van der Waals surface area contributed by atoms with Crippen molar-refractivity contribution in [2.75, 3.05) is 16.9 Å². The number of primary amides is 1. The van der Waals surface area contributed by atoms with E-state index < -0.39 is 5.91 Å². The average Bonchev–Trinajstić information content (AvgIpc) is 2.46. The lowest BCUT2D eigenvalue weighted by molar-refractivity contribution is -0.114. The molecule has 0 fully saturated rings. The molecule has 22 heavy (non-hydrogen) atoms. The van der Waals surface area contributed by atoms with E-state index in [-0.39, 0.29) is 11.5 Å². The maximum atomic E-state index is 11.3. The first-order chi connectivity index (χ1) is 10.5. The van der Waals surface area contributed by atoms with Crippen LogP contribution in [0, 0.1) is 0 Å². The molecule has 1 heterocycles. The lowest BCUT2D eigenvalue weighted by atomic mass is 10.2. The van der Waals surface area contributed by atoms with E-state index in [4.69, 9.17) is 5.73 Å². The van der Waals surface area contributed by atoms with Gasteiger partial charge in [-0.2, -0.15) is 0 Å². The molecule has 2 rings (SSSR count). The van der Waals surface area contributed by atoms with Crippen molar-refractivity contribution in [3.05, 3.63) is 36.0 Å². The minimum Gasteiger partial charge on any atom is -0.365 e. The number of amides is 2. The summed E-state index contributed by atoms with van der Waals surface area (Å²) in [6.45, 7) is 1.44. The van der Waals surface area contributed by atoms with E-state index in [1.54, 1.807) is 24.5 Å². The van der Waals surface area contributed by atoms with Gasteiger partial charge in [0, 0.05) is 24.5 Å². The molecule has 0 saturated carbocycles. The molecule has 1 aromatic carbocycles. The zero-order valence-corrected chi connectivity index (χ0v) is 12.9. The van der Waals surface area contributed by atoms with E-state index in [0.717, 1.165) is 0 Å². The summed E-state index contributed by atoms with van der Waals surface area (Å²) in [4.78, 5) is 30.7. The number of aromatic nitrogens is 2. The molecule has 0 bridgehead atoms. The third kappa shape index (κ3) is 3.95. The van der Waals surface area contributed by atoms with Crippen LogP contribution < -0.4 is 16.4 Å². The minimum atomic E-state index is -0.566. The van der Waals surface area contributed by atoms with Gasteiger partial charge in [-0.15, -0.1) is 11.8 Å². The summed E-state index contributed by atoms with van der Waals surface area (Å²) in [5.74, 6) is -0.373. The number of hydrogen-bond donors (Lipinski definition) is 3. The number of thioether (sulfide) groups is 1. The zero-order valence-electron chi connectivity index (χ0n) is 12.1. The number of carbonyl (C=O) groups excluding carboxylic acids is 2. The Morgan fingerprint density at radius 1 is 1.27 bits per heavy atom. The molecule has 0 atom stereocenters. The Morgan fingerprint density at radius 3 is 2.64 bits per heavy atom. The molecule has 0 saturated heterocycles. The highest BCUT2D eigenvalue weighted by Crippen LogP contribution is 2.22. The first-order valence-corrected chi connectivity index (χ1v) is 7.57. The largest absolute Gasteiger partial charge is 0.365 e. The van der Waals surface area contributed by atoms with Crippen LogP contribution in [0.1, 0.15) is 17.3 Å². The molecule has 2 aromatic rings. The SMILES string of the molecule is CSc1nc(Nc2cccc(NC(C)=O)c2)ncc1C(N)=O. The fourth-order valence-electron chi connectivity index (χ4n) is 1.76. The maximum absolute atomic E-state index is 11.3. The number of nitrogens with zero attached hydrogens (tertiary/aromatic N) is 2. The van der Waals surface area contributed by atoms with E-state index in [9.17, 15) is 9.59 Å². The van der Waals surface area contributed by atoms with Crippen molar-refractivity contribution in [2.24, 2.45) is 5.73 Å². The van der Waals surface area contributed by atoms with Gasteiger partial charge in [0.25, 0.3) is 5.91 Å². The second-order valence-electron chi connectivity index (χ2n) is 4.37. The predicted molar refractivity (Wildman–Crippen MR) is 86.4 cm³/mol. The van der Waals surface area contributed by atoms with E-state index in [0.29, 0.717) is 22.3 Å². The molecule has 0 unspecified atom stereocenters. The van der Waals surface area contributed by atoms with Crippen LogP contribution in [0.5, 0.6) is 0 Å². The van der Waals surface area contributed by atoms with Gasteiger partial charge in [0.1, 0.15) is 5.03 Å². The average molecular weight is 317 g/mol. The molecule has 1 aromatic heterocycles. The smallest absolute Gasteiger partial charge is 0.253 e. The number of hydrogen-bond acceptors (Lipinski definition) is 6. The summed E-state index contributed by atoms with van der Waals surface area (Å²) in [7, 11) is 0. The van der Waals surface area contributed by atoms with Gasteiger partial charge in [-0.3, -0.25) is 9.59 Å². The van der Waals surface area contributed by atoms with Crippen molar-refractivity contribution in [3.63, 3.8) is 0 Å². The molecule has 0 spiro atoms. The summed E-state index contributed by atoms with van der Waals surface area (Å²) in [6.07, 6.45) is 3.19.